The van der Waals surface area contributed by atoms with Gasteiger partial charge in [0.25, 0.3) is 0 Å². The van der Waals surface area contributed by atoms with E-state index >= 15 is 0 Å². The summed E-state index contributed by atoms with van der Waals surface area (Å²) in [6, 6.07) is 7.30. The van der Waals surface area contributed by atoms with E-state index in [2.05, 4.69) is 46.8 Å². The fourth-order valence-electron chi connectivity index (χ4n) is 2.60. The number of aromatic amines is 1. The average molecular weight is 524 g/mol. The molecule has 29 heavy (non-hydrogen) atoms. The van der Waals surface area contributed by atoms with Crippen molar-refractivity contribution in [3.63, 3.8) is 0 Å². The Labute approximate surface area is 183 Å². The van der Waals surface area contributed by atoms with Crippen LogP contribution in [0.2, 0.25) is 0 Å². The number of H-pyrrole nitrogens is 1. The topological polar surface area (TPSA) is 125 Å². The molecule has 0 radical (unpaired) electrons. The molecule has 0 fully saturated rings. The quantitative estimate of drug-likeness (QED) is 0.276. The second-order valence-electron chi connectivity index (χ2n) is 7.25. The molecule has 0 aliphatic carbocycles. The Hall–Kier alpha value is -2.59. The lowest BCUT2D eigenvalue weighted by molar-refractivity contribution is 0.0543. The van der Waals surface area contributed by atoms with E-state index in [9.17, 15) is 4.79 Å². The van der Waals surface area contributed by atoms with Gasteiger partial charge in [0.1, 0.15) is 23.0 Å². The lowest BCUT2D eigenvalue weighted by atomic mass is 10.2. The van der Waals surface area contributed by atoms with E-state index < -0.39 is 11.7 Å². The maximum absolute atomic E-state index is 12.0. The van der Waals surface area contributed by atoms with E-state index in [0.29, 0.717) is 22.4 Å². The summed E-state index contributed by atoms with van der Waals surface area (Å²) >= 11 is 6.68. The van der Waals surface area contributed by atoms with Crippen molar-refractivity contribution in [1.29, 1.82) is 0 Å². The van der Waals surface area contributed by atoms with Crippen molar-refractivity contribution < 1.29 is 9.53 Å². The van der Waals surface area contributed by atoms with Crippen molar-refractivity contribution in [3.05, 3.63) is 45.9 Å². The number of aromatic nitrogens is 4. The Balaban J connectivity index is 0.000000186. The zero-order valence-electron chi connectivity index (χ0n) is 16.0. The summed E-state index contributed by atoms with van der Waals surface area (Å²) in [6.45, 7) is 5.44. The molecular formula is C19H20Br2N6O2. The summed E-state index contributed by atoms with van der Waals surface area (Å²) in [5.41, 5.74) is 15.2. The SMILES string of the molecule is CC(C)(C)OC(=O)n1cnc2c(N)cc(Br)cc21.Nc1cc(Br)cc2[nH]cnc12. The minimum Gasteiger partial charge on any atom is -0.443 e. The smallest absolute Gasteiger partial charge is 0.420 e. The number of fused-ring (bicyclic) bond motifs is 2. The third-order valence-corrected chi connectivity index (χ3v) is 4.67. The number of nitrogens with zero attached hydrogens (tertiary/aromatic N) is 3. The van der Waals surface area contributed by atoms with E-state index in [1.165, 1.54) is 10.9 Å². The molecule has 0 amide bonds. The molecule has 5 N–H and O–H groups in total. The van der Waals surface area contributed by atoms with Crippen LogP contribution in [0.5, 0.6) is 0 Å². The summed E-state index contributed by atoms with van der Waals surface area (Å²) in [6.07, 6.45) is 2.58. The van der Waals surface area contributed by atoms with Crippen LogP contribution in [-0.4, -0.2) is 31.2 Å². The fraction of sp³-hybridized carbons (Fsp3) is 0.211. The Bertz CT molecular complexity index is 1190. The van der Waals surface area contributed by atoms with Gasteiger partial charge < -0.3 is 21.2 Å². The van der Waals surface area contributed by atoms with Crippen LogP contribution in [0.4, 0.5) is 16.2 Å². The molecule has 4 aromatic rings. The molecular weight excluding hydrogens is 504 g/mol. The van der Waals surface area contributed by atoms with Gasteiger partial charge in [-0.1, -0.05) is 31.9 Å². The molecule has 0 saturated heterocycles. The molecule has 2 aromatic carbocycles. The summed E-state index contributed by atoms with van der Waals surface area (Å²) < 4.78 is 8.40. The molecule has 2 heterocycles. The van der Waals surface area contributed by atoms with Crippen molar-refractivity contribution in [2.75, 3.05) is 11.5 Å². The molecule has 0 saturated carbocycles. The van der Waals surface area contributed by atoms with Gasteiger partial charge in [-0.3, -0.25) is 0 Å². The van der Waals surface area contributed by atoms with Crippen molar-refractivity contribution in [1.82, 2.24) is 19.5 Å². The van der Waals surface area contributed by atoms with Gasteiger partial charge in [-0.2, -0.15) is 0 Å². The van der Waals surface area contributed by atoms with Gasteiger partial charge in [0.15, 0.2) is 0 Å². The zero-order valence-corrected chi connectivity index (χ0v) is 19.2. The molecule has 2 aromatic heterocycles. The number of imidazole rings is 2. The predicted molar refractivity (Wildman–Crippen MR) is 122 cm³/mol. The van der Waals surface area contributed by atoms with Crippen LogP contribution in [0.15, 0.2) is 45.9 Å². The third-order valence-electron chi connectivity index (χ3n) is 3.75. The standard InChI is InChI=1S/C12H14BrN3O2.C7H6BrN3/c1-12(2,3)18-11(17)16-6-15-10-8(14)4-7(13)5-9(10)16;8-4-1-5(9)7-6(2-4)10-3-11-7/h4-6H,14H2,1-3H3;1-3H,9H2,(H,10,11). The minimum atomic E-state index is -0.550. The number of hydrogen-bond acceptors (Lipinski definition) is 6. The van der Waals surface area contributed by atoms with Crippen molar-refractivity contribution >= 4 is 71.4 Å². The Kier molecular flexibility index (Phi) is 5.85. The largest absolute Gasteiger partial charge is 0.443 e. The van der Waals surface area contributed by atoms with Crippen LogP contribution in [0.3, 0.4) is 0 Å². The van der Waals surface area contributed by atoms with Gasteiger partial charge in [0.2, 0.25) is 0 Å². The lowest BCUT2D eigenvalue weighted by Crippen LogP contribution is -2.26. The van der Waals surface area contributed by atoms with Crippen molar-refractivity contribution in [2.24, 2.45) is 0 Å². The number of halogens is 2. The Morgan fingerprint density at radius 1 is 1.03 bits per heavy atom. The first-order valence-corrected chi connectivity index (χ1v) is 10.2. The van der Waals surface area contributed by atoms with E-state index in [1.807, 2.05) is 32.9 Å². The molecule has 152 valence electrons. The van der Waals surface area contributed by atoms with Gasteiger partial charge in [-0.05, 0) is 45.0 Å². The molecule has 0 bridgehead atoms. The second kappa shape index (κ2) is 8.03. The van der Waals surface area contributed by atoms with Gasteiger partial charge >= 0.3 is 6.09 Å². The number of hydrogen-bond donors (Lipinski definition) is 3. The van der Waals surface area contributed by atoms with Crippen LogP contribution >= 0.6 is 31.9 Å². The number of anilines is 2. The monoisotopic (exact) mass is 522 g/mol. The van der Waals surface area contributed by atoms with Crippen LogP contribution in [0, 0.1) is 0 Å². The first-order chi connectivity index (χ1) is 13.5. The van der Waals surface area contributed by atoms with E-state index in [-0.39, 0.29) is 0 Å². The van der Waals surface area contributed by atoms with Gasteiger partial charge in [0.05, 0.1) is 28.7 Å². The van der Waals surface area contributed by atoms with Gasteiger partial charge in [-0.25, -0.2) is 19.3 Å². The van der Waals surface area contributed by atoms with E-state index in [0.717, 1.165) is 20.0 Å². The summed E-state index contributed by atoms with van der Waals surface area (Å²) in [4.78, 5) is 23.2. The number of ether oxygens (including phenoxy) is 1. The maximum atomic E-state index is 12.0. The molecule has 0 spiro atoms. The number of nitrogen functional groups attached to an aromatic ring is 2. The lowest BCUT2D eigenvalue weighted by Gasteiger charge is -2.19. The first kappa shape index (κ1) is 21.1. The molecule has 10 heteroatoms. The number of carbonyl (C=O) groups excluding carboxylic acids is 1. The highest BCUT2D eigenvalue weighted by atomic mass is 79.9. The van der Waals surface area contributed by atoms with Crippen LogP contribution in [-0.2, 0) is 4.74 Å². The Morgan fingerprint density at radius 3 is 2.31 bits per heavy atom. The second-order valence-corrected chi connectivity index (χ2v) is 9.08. The fourth-order valence-corrected chi connectivity index (χ4v) is 3.54. The Morgan fingerprint density at radius 2 is 1.66 bits per heavy atom. The zero-order chi connectivity index (χ0) is 21.3. The van der Waals surface area contributed by atoms with E-state index in [1.54, 1.807) is 18.5 Å². The van der Waals surface area contributed by atoms with E-state index in [4.69, 9.17) is 16.2 Å². The van der Waals surface area contributed by atoms with Gasteiger partial charge in [-0.15, -0.1) is 0 Å². The average Bonchev–Trinajstić information content (AvgIpc) is 3.20. The summed E-state index contributed by atoms with van der Waals surface area (Å²) in [5.74, 6) is 0. The highest BCUT2D eigenvalue weighted by molar-refractivity contribution is 9.10. The third kappa shape index (κ3) is 4.88. The number of nitrogens with one attached hydrogen (secondary N) is 1. The van der Waals surface area contributed by atoms with Crippen molar-refractivity contribution in [3.8, 4) is 0 Å². The maximum Gasteiger partial charge on any atom is 0.420 e. The van der Waals surface area contributed by atoms with Crippen LogP contribution < -0.4 is 11.5 Å². The normalized spacial score (nSPS) is 11.3. The summed E-state index contributed by atoms with van der Waals surface area (Å²) in [5, 5.41) is 0. The summed E-state index contributed by atoms with van der Waals surface area (Å²) in [7, 11) is 0. The van der Waals surface area contributed by atoms with Crippen LogP contribution in [0.25, 0.3) is 22.1 Å². The molecule has 0 unspecified atom stereocenters. The van der Waals surface area contributed by atoms with Crippen LogP contribution in [0.1, 0.15) is 20.8 Å². The number of nitrogens with two attached hydrogens (primary N) is 2. The van der Waals surface area contributed by atoms with Crippen molar-refractivity contribution in [2.45, 2.75) is 26.4 Å². The predicted octanol–water partition coefficient (Wildman–Crippen LogP) is 5.07. The minimum absolute atomic E-state index is 0.470. The highest BCUT2D eigenvalue weighted by Crippen LogP contribution is 2.26. The number of benzene rings is 2. The molecule has 0 aliphatic heterocycles. The number of rotatable bonds is 0. The first-order valence-electron chi connectivity index (χ1n) is 8.58. The molecule has 0 aliphatic rings. The molecule has 8 nitrogen and oxygen atoms in total. The highest BCUT2D eigenvalue weighted by Gasteiger charge is 2.20. The molecule has 0 atom stereocenters. The number of carbonyl (C=O) groups is 1. The van der Waals surface area contributed by atoms with Gasteiger partial charge in [0, 0.05) is 8.95 Å². The molecule has 4 rings (SSSR count).